The third kappa shape index (κ3) is 9.01. The number of carbonyl (C=O) groups is 3. The first kappa shape index (κ1) is 19.4. The van der Waals surface area contributed by atoms with E-state index in [1.54, 1.807) is 16.8 Å². The summed E-state index contributed by atoms with van der Waals surface area (Å²) >= 11 is 0. The molecule has 0 saturated heterocycles. The van der Waals surface area contributed by atoms with Crippen molar-refractivity contribution in [3.63, 3.8) is 0 Å². The summed E-state index contributed by atoms with van der Waals surface area (Å²) in [5, 5.41) is 4.85. The van der Waals surface area contributed by atoms with Crippen molar-refractivity contribution in [1.82, 2.24) is 20.4 Å². The quantitative estimate of drug-likeness (QED) is 0.604. The van der Waals surface area contributed by atoms with E-state index in [0.717, 1.165) is 12.8 Å². The summed E-state index contributed by atoms with van der Waals surface area (Å²) in [4.78, 5) is 38.2. The molecule has 0 unspecified atom stereocenters. The van der Waals surface area contributed by atoms with Gasteiger partial charge >= 0.3 is 6.03 Å². The number of nitrogens with one attached hydrogen (secondary N) is 2. The summed E-state index contributed by atoms with van der Waals surface area (Å²) in [6.45, 7) is 7.85. The number of hydrogen-bond acceptors (Lipinski definition) is 4. The van der Waals surface area contributed by atoms with Gasteiger partial charge in [-0.05, 0) is 27.3 Å². The molecule has 0 aliphatic heterocycles. The van der Waals surface area contributed by atoms with Crippen LogP contribution >= 0.6 is 0 Å². The first-order valence-corrected chi connectivity index (χ1v) is 7.48. The Morgan fingerprint density at radius 3 is 2.14 bits per heavy atom. The number of hydrogen-bond donors (Lipinski definition) is 2. The van der Waals surface area contributed by atoms with Gasteiger partial charge in [0.2, 0.25) is 11.8 Å². The van der Waals surface area contributed by atoms with E-state index in [-0.39, 0.29) is 19.0 Å². The molecule has 0 atom stereocenters. The fourth-order valence-electron chi connectivity index (χ4n) is 1.80. The highest BCUT2D eigenvalue weighted by molar-refractivity contribution is 5.95. The molecular formula is C14H28N4O3. The lowest BCUT2D eigenvalue weighted by Gasteiger charge is -2.22. The van der Waals surface area contributed by atoms with Crippen LogP contribution in [0.15, 0.2) is 0 Å². The highest BCUT2D eigenvalue weighted by Crippen LogP contribution is 1.92. The Balaban J connectivity index is 4.03. The van der Waals surface area contributed by atoms with Gasteiger partial charge in [0.05, 0.1) is 13.1 Å². The topological polar surface area (TPSA) is 81.8 Å². The van der Waals surface area contributed by atoms with Crippen molar-refractivity contribution in [2.24, 2.45) is 0 Å². The van der Waals surface area contributed by atoms with Gasteiger partial charge in [-0.15, -0.1) is 0 Å². The van der Waals surface area contributed by atoms with Gasteiger partial charge in [-0.25, -0.2) is 4.79 Å². The summed E-state index contributed by atoms with van der Waals surface area (Å²) in [6, 6.07) is -0.489. The maximum absolute atomic E-state index is 11.9. The molecular weight excluding hydrogens is 272 g/mol. The normalized spacial score (nSPS) is 10.3. The molecule has 0 aromatic rings. The second-order valence-electron chi connectivity index (χ2n) is 4.90. The van der Waals surface area contributed by atoms with Gasteiger partial charge < -0.3 is 10.2 Å². The van der Waals surface area contributed by atoms with Crippen LogP contribution in [-0.4, -0.2) is 67.4 Å². The fraction of sp³-hybridized carbons (Fsp3) is 0.786. The zero-order valence-corrected chi connectivity index (χ0v) is 13.6. The zero-order valence-electron chi connectivity index (χ0n) is 13.6. The van der Waals surface area contributed by atoms with Crippen molar-refractivity contribution in [1.29, 1.82) is 0 Å². The number of carbonyl (C=O) groups excluding carboxylic acids is 3. The first-order valence-electron chi connectivity index (χ1n) is 7.48. The summed E-state index contributed by atoms with van der Waals surface area (Å²) < 4.78 is 0. The number of likely N-dealkylation sites (N-methyl/N-ethyl adjacent to an activating group) is 2. The predicted octanol–water partition coefficient (Wildman–Crippen LogP) is 0.413. The van der Waals surface area contributed by atoms with Crippen molar-refractivity contribution < 1.29 is 14.4 Å². The molecule has 0 rings (SSSR count). The van der Waals surface area contributed by atoms with Gasteiger partial charge in [0.15, 0.2) is 0 Å². The van der Waals surface area contributed by atoms with Crippen LogP contribution in [0.4, 0.5) is 4.79 Å². The van der Waals surface area contributed by atoms with Crippen LogP contribution < -0.4 is 10.6 Å². The van der Waals surface area contributed by atoms with Crippen LogP contribution in [0, 0.1) is 0 Å². The fourth-order valence-corrected chi connectivity index (χ4v) is 1.80. The second kappa shape index (κ2) is 11.1. The van der Waals surface area contributed by atoms with Crippen LogP contribution in [0.3, 0.4) is 0 Å². The van der Waals surface area contributed by atoms with E-state index in [9.17, 15) is 14.4 Å². The Morgan fingerprint density at radius 1 is 1.00 bits per heavy atom. The number of unbranched alkanes of at least 4 members (excludes halogenated alkanes) is 1. The van der Waals surface area contributed by atoms with Gasteiger partial charge in [0.25, 0.3) is 0 Å². The van der Waals surface area contributed by atoms with Crippen molar-refractivity contribution >= 4 is 17.8 Å². The minimum atomic E-state index is -0.489. The van der Waals surface area contributed by atoms with Crippen LogP contribution in [0.5, 0.6) is 0 Å². The monoisotopic (exact) mass is 300 g/mol. The molecule has 0 fully saturated rings. The third-order valence-electron chi connectivity index (χ3n) is 3.00. The molecule has 0 aromatic heterocycles. The maximum Gasteiger partial charge on any atom is 0.321 e. The number of rotatable bonds is 9. The van der Waals surface area contributed by atoms with E-state index >= 15 is 0 Å². The van der Waals surface area contributed by atoms with E-state index in [4.69, 9.17) is 0 Å². The third-order valence-corrected chi connectivity index (χ3v) is 3.00. The smallest absolute Gasteiger partial charge is 0.321 e. The molecule has 0 aliphatic rings. The van der Waals surface area contributed by atoms with E-state index in [2.05, 4.69) is 10.6 Å². The Morgan fingerprint density at radius 2 is 1.62 bits per heavy atom. The number of imide groups is 1. The zero-order chi connectivity index (χ0) is 16.3. The molecule has 2 N–H and O–H groups in total. The van der Waals surface area contributed by atoms with Gasteiger partial charge in [-0.2, -0.15) is 0 Å². The van der Waals surface area contributed by atoms with Crippen LogP contribution in [-0.2, 0) is 9.59 Å². The van der Waals surface area contributed by atoms with Crippen molar-refractivity contribution in [3.05, 3.63) is 0 Å². The minimum absolute atomic E-state index is 0.00814. The SMILES string of the molecule is CCCCNC(=O)NC(=O)CN(C)CC(=O)N(CC)CC. The standard InChI is InChI=1S/C14H28N4O3/c1-5-8-9-15-14(21)16-12(19)10-17(4)11-13(20)18(6-2)7-3/h5-11H2,1-4H3,(H2,15,16,19,21). The molecule has 122 valence electrons. The largest absolute Gasteiger partial charge is 0.342 e. The first-order chi connectivity index (χ1) is 9.94. The van der Waals surface area contributed by atoms with E-state index in [0.29, 0.717) is 19.6 Å². The summed E-state index contributed by atoms with van der Waals surface area (Å²) in [5.41, 5.74) is 0. The van der Waals surface area contributed by atoms with E-state index < -0.39 is 11.9 Å². The molecule has 0 radical (unpaired) electrons. The van der Waals surface area contributed by atoms with Crippen LogP contribution in [0.25, 0.3) is 0 Å². The number of urea groups is 1. The van der Waals surface area contributed by atoms with Gasteiger partial charge in [-0.1, -0.05) is 13.3 Å². The molecule has 0 heterocycles. The molecule has 21 heavy (non-hydrogen) atoms. The van der Waals surface area contributed by atoms with Gasteiger partial charge in [0.1, 0.15) is 0 Å². The summed E-state index contributed by atoms with van der Waals surface area (Å²) in [6.07, 6.45) is 1.85. The van der Waals surface area contributed by atoms with Crippen LogP contribution in [0.1, 0.15) is 33.6 Å². The molecule has 0 bridgehead atoms. The Bertz CT molecular complexity index is 343. The predicted molar refractivity (Wildman–Crippen MR) is 81.9 cm³/mol. The van der Waals surface area contributed by atoms with Crippen LogP contribution in [0.2, 0.25) is 0 Å². The maximum atomic E-state index is 11.9. The molecule has 0 aromatic carbocycles. The van der Waals surface area contributed by atoms with Gasteiger partial charge in [0, 0.05) is 19.6 Å². The molecule has 0 spiro atoms. The highest BCUT2D eigenvalue weighted by Gasteiger charge is 2.15. The number of nitrogens with zero attached hydrogens (tertiary/aromatic N) is 2. The average Bonchev–Trinajstić information content (AvgIpc) is 2.39. The lowest BCUT2D eigenvalue weighted by molar-refractivity contribution is -0.132. The lowest BCUT2D eigenvalue weighted by Crippen LogP contribution is -2.46. The van der Waals surface area contributed by atoms with E-state index in [1.807, 2.05) is 20.8 Å². The minimum Gasteiger partial charge on any atom is -0.342 e. The Kier molecular flexibility index (Phi) is 10.2. The molecule has 7 nitrogen and oxygen atoms in total. The van der Waals surface area contributed by atoms with Crippen molar-refractivity contribution in [3.8, 4) is 0 Å². The van der Waals surface area contributed by atoms with Crippen molar-refractivity contribution in [2.75, 3.05) is 39.8 Å². The van der Waals surface area contributed by atoms with E-state index in [1.165, 1.54) is 0 Å². The molecule has 4 amide bonds. The Hall–Kier alpha value is -1.63. The Labute approximate surface area is 127 Å². The summed E-state index contributed by atoms with van der Waals surface area (Å²) in [5.74, 6) is -0.443. The molecule has 0 aliphatic carbocycles. The number of amides is 4. The van der Waals surface area contributed by atoms with Crippen molar-refractivity contribution in [2.45, 2.75) is 33.6 Å². The van der Waals surface area contributed by atoms with Gasteiger partial charge in [-0.3, -0.25) is 19.8 Å². The molecule has 0 saturated carbocycles. The highest BCUT2D eigenvalue weighted by atomic mass is 16.2. The second-order valence-corrected chi connectivity index (χ2v) is 4.90. The lowest BCUT2D eigenvalue weighted by atomic mass is 10.3. The average molecular weight is 300 g/mol. The molecule has 7 heteroatoms. The summed E-state index contributed by atoms with van der Waals surface area (Å²) in [7, 11) is 1.68.